The predicted octanol–water partition coefficient (Wildman–Crippen LogP) is 2.86. The maximum absolute atomic E-state index is 4.56. The van der Waals surface area contributed by atoms with Crippen molar-refractivity contribution >= 4 is 11.3 Å². The highest BCUT2D eigenvalue weighted by molar-refractivity contribution is 7.09. The zero-order valence-corrected chi connectivity index (χ0v) is 12.3. The number of rotatable bonds is 3. The molecule has 102 valence electrons. The maximum atomic E-state index is 4.56. The van der Waals surface area contributed by atoms with Gasteiger partial charge in [-0.2, -0.15) is 0 Å². The average Bonchev–Trinajstić information content (AvgIpc) is 2.99. The molecule has 0 bridgehead atoms. The summed E-state index contributed by atoms with van der Waals surface area (Å²) in [5.41, 5.74) is 2.36. The van der Waals surface area contributed by atoms with Gasteiger partial charge in [0.2, 0.25) is 0 Å². The van der Waals surface area contributed by atoms with E-state index in [2.05, 4.69) is 39.1 Å². The van der Waals surface area contributed by atoms with Crippen LogP contribution in [0.3, 0.4) is 0 Å². The summed E-state index contributed by atoms with van der Waals surface area (Å²) in [6.45, 7) is 7.37. The van der Waals surface area contributed by atoms with Gasteiger partial charge in [0.1, 0.15) is 5.82 Å². The highest BCUT2D eigenvalue weighted by atomic mass is 32.1. The number of thiazole rings is 1. The first-order chi connectivity index (χ1) is 9.20. The van der Waals surface area contributed by atoms with E-state index in [0.29, 0.717) is 5.92 Å². The van der Waals surface area contributed by atoms with Gasteiger partial charge in [-0.05, 0) is 33.2 Å². The molecule has 1 N–H and O–H groups in total. The van der Waals surface area contributed by atoms with Crippen molar-refractivity contribution in [3.8, 4) is 0 Å². The van der Waals surface area contributed by atoms with E-state index in [9.17, 15) is 0 Å². The SMILES string of the molecule is Cc1cnc(C2CCCN(Cc3csc(C)n3)C2)[nH]1. The molecule has 1 aliphatic rings. The lowest BCUT2D eigenvalue weighted by atomic mass is 9.97. The number of aryl methyl sites for hydroxylation is 2. The Hall–Kier alpha value is -1.20. The quantitative estimate of drug-likeness (QED) is 0.937. The Morgan fingerprint density at radius 2 is 2.37 bits per heavy atom. The number of nitrogens with one attached hydrogen (secondary N) is 1. The monoisotopic (exact) mass is 276 g/mol. The summed E-state index contributed by atoms with van der Waals surface area (Å²) in [6.07, 6.45) is 4.41. The van der Waals surface area contributed by atoms with Crippen LogP contribution in [0.2, 0.25) is 0 Å². The Bertz CT molecular complexity index is 545. The average molecular weight is 276 g/mol. The number of piperidine rings is 1. The molecule has 2 aromatic heterocycles. The Morgan fingerprint density at radius 3 is 3.05 bits per heavy atom. The summed E-state index contributed by atoms with van der Waals surface area (Å²) < 4.78 is 0. The second-order valence-electron chi connectivity index (χ2n) is 5.38. The standard InChI is InChI=1S/C14H20N4S/c1-10-6-15-14(16-10)12-4-3-5-18(7-12)8-13-9-19-11(2)17-13/h6,9,12H,3-5,7-8H2,1-2H3,(H,15,16). The van der Waals surface area contributed by atoms with E-state index >= 15 is 0 Å². The third kappa shape index (κ3) is 3.04. The van der Waals surface area contributed by atoms with Crippen LogP contribution in [-0.4, -0.2) is 32.9 Å². The summed E-state index contributed by atoms with van der Waals surface area (Å²) in [5.74, 6) is 1.69. The topological polar surface area (TPSA) is 44.8 Å². The van der Waals surface area contributed by atoms with Crippen molar-refractivity contribution < 1.29 is 0 Å². The summed E-state index contributed by atoms with van der Waals surface area (Å²) in [6, 6.07) is 0. The van der Waals surface area contributed by atoms with Gasteiger partial charge in [-0.3, -0.25) is 4.90 Å². The lowest BCUT2D eigenvalue weighted by Gasteiger charge is -2.31. The molecular formula is C14H20N4S. The molecule has 1 aliphatic heterocycles. The van der Waals surface area contributed by atoms with Gasteiger partial charge in [-0.25, -0.2) is 9.97 Å². The van der Waals surface area contributed by atoms with Crippen molar-refractivity contribution in [1.29, 1.82) is 0 Å². The molecule has 1 unspecified atom stereocenters. The maximum Gasteiger partial charge on any atom is 0.110 e. The third-order valence-corrected chi connectivity index (χ3v) is 4.49. The van der Waals surface area contributed by atoms with Gasteiger partial charge in [0, 0.05) is 36.3 Å². The van der Waals surface area contributed by atoms with Gasteiger partial charge in [0.15, 0.2) is 0 Å². The highest BCUT2D eigenvalue weighted by Crippen LogP contribution is 2.26. The second kappa shape index (κ2) is 5.43. The summed E-state index contributed by atoms with van der Waals surface area (Å²) >= 11 is 1.74. The first-order valence-corrected chi connectivity index (χ1v) is 7.73. The van der Waals surface area contributed by atoms with Crippen LogP contribution in [0.25, 0.3) is 0 Å². The van der Waals surface area contributed by atoms with Crippen molar-refractivity contribution in [3.63, 3.8) is 0 Å². The van der Waals surface area contributed by atoms with E-state index < -0.39 is 0 Å². The van der Waals surface area contributed by atoms with Crippen LogP contribution in [0.15, 0.2) is 11.6 Å². The normalized spacial score (nSPS) is 20.8. The van der Waals surface area contributed by atoms with Gasteiger partial charge in [0.25, 0.3) is 0 Å². The minimum absolute atomic E-state index is 0.544. The van der Waals surface area contributed by atoms with E-state index in [4.69, 9.17) is 0 Å². The summed E-state index contributed by atoms with van der Waals surface area (Å²) in [7, 11) is 0. The van der Waals surface area contributed by atoms with Crippen molar-refractivity contribution in [2.24, 2.45) is 0 Å². The van der Waals surface area contributed by atoms with Crippen LogP contribution in [0.4, 0.5) is 0 Å². The molecule has 0 aromatic carbocycles. The molecule has 0 amide bonds. The summed E-state index contributed by atoms with van der Waals surface area (Å²) in [5, 5.41) is 3.33. The largest absolute Gasteiger partial charge is 0.346 e. The number of imidazole rings is 1. The molecule has 3 rings (SSSR count). The van der Waals surface area contributed by atoms with Crippen molar-refractivity contribution in [2.75, 3.05) is 13.1 Å². The number of likely N-dealkylation sites (tertiary alicyclic amines) is 1. The molecule has 2 aromatic rings. The fourth-order valence-electron chi connectivity index (χ4n) is 2.77. The minimum Gasteiger partial charge on any atom is -0.346 e. The Morgan fingerprint density at radius 1 is 1.47 bits per heavy atom. The van der Waals surface area contributed by atoms with Gasteiger partial charge in [0.05, 0.1) is 10.7 Å². The number of aromatic nitrogens is 3. The molecule has 0 spiro atoms. The van der Waals surface area contributed by atoms with E-state index in [-0.39, 0.29) is 0 Å². The van der Waals surface area contributed by atoms with Gasteiger partial charge in [-0.1, -0.05) is 0 Å². The van der Waals surface area contributed by atoms with E-state index in [1.54, 1.807) is 11.3 Å². The van der Waals surface area contributed by atoms with Crippen LogP contribution in [0.5, 0.6) is 0 Å². The molecule has 1 fully saturated rings. The van der Waals surface area contributed by atoms with Crippen LogP contribution in [-0.2, 0) is 6.54 Å². The van der Waals surface area contributed by atoms with Crippen LogP contribution in [0.1, 0.15) is 41.0 Å². The molecule has 0 radical (unpaired) electrons. The Balaban J connectivity index is 1.64. The number of H-pyrrole nitrogens is 1. The van der Waals surface area contributed by atoms with Gasteiger partial charge >= 0.3 is 0 Å². The smallest absolute Gasteiger partial charge is 0.110 e. The molecule has 1 atom stereocenters. The highest BCUT2D eigenvalue weighted by Gasteiger charge is 2.23. The number of aromatic amines is 1. The van der Waals surface area contributed by atoms with E-state index in [1.807, 2.05) is 6.20 Å². The Kier molecular flexibility index (Phi) is 3.66. The molecule has 0 aliphatic carbocycles. The molecule has 0 saturated carbocycles. The van der Waals surface area contributed by atoms with Gasteiger partial charge in [-0.15, -0.1) is 11.3 Å². The number of nitrogens with zero attached hydrogens (tertiary/aromatic N) is 3. The van der Waals surface area contributed by atoms with Crippen molar-refractivity contribution in [1.82, 2.24) is 19.9 Å². The lowest BCUT2D eigenvalue weighted by molar-refractivity contribution is 0.195. The zero-order chi connectivity index (χ0) is 13.2. The van der Waals surface area contributed by atoms with Crippen LogP contribution in [0, 0.1) is 13.8 Å². The van der Waals surface area contributed by atoms with Crippen LogP contribution < -0.4 is 0 Å². The molecular weight excluding hydrogens is 256 g/mol. The lowest BCUT2D eigenvalue weighted by Crippen LogP contribution is -2.34. The molecule has 1 saturated heterocycles. The number of hydrogen-bond donors (Lipinski definition) is 1. The second-order valence-corrected chi connectivity index (χ2v) is 6.45. The Labute approximate surface area is 117 Å². The van der Waals surface area contributed by atoms with Gasteiger partial charge < -0.3 is 4.98 Å². The minimum atomic E-state index is 0.544. The fourth-order valence-corrected chi connectivity index (χ4v) is 3.38. The fraction of sp³-hybridized carbons (Fsp3) is 0.571. The van der Waals surface area contributed by atoms with Crippen molar-refractivity contribution in [3.05, 3.63) is 33.8 Å². The molecule has 4 nitrogen and oxygen atoms in total. The van der Waals surface area contributed by atoms with E-state index in [1.165, 1.54) is 25.1 Å². The first-order valence-electron chi connectivity index (χ1n) is 6.85. The summed E-state index contributed by atoms with van der Waals surface area (Å²) in [4.78, 5) is 14.9. The zero-order valence-electron chi connectivity index (χ0n) is 11.5. The molecule has 3 heterocycles. The third-order valence-electron chi connectivity index (χ3n) is 3.67. The first kappa shape index (κ1) is 12.8. The van der Waals surface area contributed by atoms with Crippen molar-refractivity contribution in [2.45, 2.75) is 39.2 Å². The molecule has 19 heavy (non-hydrogen) atoms. The number of hydrogen-bond acceptors (Lipinski definition) is 4. The predicted molar refractivity (Wildman–Crippen MR) is 77.4 cm³/mol. The molecule has 5 heteroatoms. The van der Waals surface area contributed by atoms with Crippen LogP contribution >= 0.6 is 11.3 Å². The van der Waals surface area contributed by atoms with E-state index in [0.717, 1.165) is 29.6 Å².